The Kier molecular flexibility index (Phi) is 6.06. The van der Waals surface area contributed by atoms with Gasteiger partial charge in [0.15, 0.2) is 0 Å². The molecule has 2 rings (SSSR count). The first-order chi connectivity index (χ1) is 10.1. The molecule has 122 valence electrons. The van der Waals surface area contributed by atoms with Crippen molar-refractivity contribution in [3.63, 3.8) is 0 Å². The second-order valence-corrected chi connectivity index (χ2v) is 6.85. The van der Waals surface area contributed by atoms with Crippen LogP contribution in [0.5, 0.6) is 0 Å². The number of nitrogens with one attached hydrogen (secondary N) is 1. The second kappa shape index (κ2) is 7.59. The molecule has 1 saturated carbocycles. The molecule has 0 aromatic rings. The molecular formula is C17H32N2O2. The molecule has 2 fully saturated rings. The van der Waals surface area contributed by atoms with Gasteiger partial charge in [0.25, 0.3) is 0 Å². The first-order valence-electron chi connectivity index (χ1n) is 8.78. The van der Waals surface area contributed by atoms with Crippen molar-refractivity contribution >= 4 is 5.97 Å². The number of esters is 1. The third-order valence-electron chi connectivity index (χ3n) is 4.82. The molecule has 0 radical (unpaired) electrons. The van der Waals surface area contributed by atoms with Crippen molar-refractivity contribution in [2.75, 3.05) is 19.7 Å². The zero-order chi connectivity index (χ0) is 15.3. The van der Waals surface area contributed by atoms with Crippen molar-refractivity contribution in [3.05, 3.63) is 0 Å². The Bertz CT molecular complexity index is 344. The smallest absolute Gasteiger partial charge is 0.327 e. The number of rotatable bonds is 7. The first-order valence-corrected chi connectivity index (χ1v) is 8.78. The highest BCUT2D eigenvalue weighted by molar-refractivity contribution is 5.80. The van der Waals surface area contributed by atoms with Crippen molar-refractivity contribution in [1.29, 1.82) is 0 Å². The van der Waals surface area contributed by atoms with Gasteiger partial charge in [-0.2, -0.15) is 0 Å². The molecule has 1 aliphatic carbocycles. The number of carbonyl (C=O) groups is 1. The predicted molar refractivity (Wildman–Crippen MR) is 85.3 cm³/mol. The number of hydrogen-bond acceptors (Lipinski definition) is 4. The first kappa shape index (κ1) is 16.8. The van der Waals surface area contributed by atoms with E-state index in [2.05, 4.69) is 17.1 Å². The quantitative estimate of drug-likeness (QED) is 0.734. The van der Waals surface area contributed by atoms with Crippen LogP contribution in [0.3, 0.4) is 0 Å². The van der Waals surface area contributed by atoms with Gasteiger partial charge < -0.3 is 4.74 Å². The number of hydrogen-bond donors (Lipinski definition) is 1. The molecule has 1 heterocycles. The highest BCUT2D eigenvalue weighted by Gasteiger charge is 2.42. The van der Waals surface area contributed by atoms with Gasteiger partial charge in [-0.1, -0.05) is 19.8 Å². The van der Waals surface area contributed by atoms with Gasteiger partial charge >= 0.3 is 5.97 Å². The summed E-state index contributed by atoms with van der Waals surface area (Å²) in [5.41, 5.74) is -0.561. The maximum Gasteiger partial charge on any atom is 0.327 e. The number of likely N-dealkylation sites (tertiary alicyclic amines) is 1. The molecule has 0 spiro atoms. The van der Waals surface area contributed by atoms with Crippen LogP contribution < -0.4 is 5.32 Å². The van der Waals surface area contributed by atoms with Gasteiger partial charge in [0.2, 0.25) is 0 Å². The lowest BCUT2D eigenvalue weighted by molar-refractivity contribution is -0.151. The highest BCUT2D eigenvalue weighted by atomic mass is 16.5. The largest absolute Gasteiger partial charge is 0.465 e. The SMILES string of the molecule is CCOC(=O)C(C)(CN1CCCCCC1CC)NC1CC1. The van der Waals surface area contributed by atoms with E-state index in [-0.39, 0.29) is 5.97 Å². The molecule has 1 N–H and O–H groups in total. The predicted octanol–water partition coefficient (Wildman–Crippen LogP) is 2.71. The summed E-state index contributed by atoms with van der Waals surface area (Å²) in [6.45, 7) is 8.52. The van der Waals surface area contributed by atoms with Crippen LogP contribution in [0.15, 0.2) is 0 Å². The minimum absolute atomic E-state index is 0.0870. The fourth-order valence-electron chi connectivity index (χ4n) is 3.45. The van der Waals surface area contributed by atoms with E-state index < -0.39 is 5.54 Å². The standard InChI is InChI=1S/C17H32N2O2/c1-4-15-9-7-6-8-12-19(15)13-17(3,16(20)21-5-2)18-14-10-11-14/h14-15,18H,4-13H2,1-3H3. The zero-order valence-electron chi connectivity index (χ0n) is 14.0. The maximum absolute atomic E-state index is 12.5. The normalized spacial score (nSPS) is 26.9. The van der Waals surface area contributed by atoms with Crippen LogP contribution in [0.1, 0.15) is 65.7 Å². The van der Waals surface area contributed by atoms with Crippen molar-refractivity contribution in [2.45, 2.75) is 83.3 Å². The molecule has 0 aromatic heterocycles. The molecule has 21 heavy (non-hydrogen) atoms. The van der Waals surface area contributed by atoms with Crippen molar-refractivity contribution in [2.24, 2.45) is 0 Å². The van der Waals surface area contributed by atoms with Crippen LogP contribution in [0.25, 0.3) is 0 Å². The number of nitrogens with zero attached hydrogens (tertiary/aromatic N) is 1. The lowest BCUT2D eigenvalue weighted by Crippen LogP contribution is -2.59. The van der Waals surface area contributed by atoms with Gasteiger partial charge in [0.05, 0.1) is 6.61 Å². The molecule has 2 atom stereocenters. The molecule has 4 nitrogen and oxygen atoms in total. The minimum Gasteiger partial charge on any atom is -0.465 e. The van der Waals surface area contributed by atoms with Crippen LogP contribution in [0.2, 0.25) is 0 Å². The van der Waals surface area contributed by atoms with E-state index in [1.54, 1.807) is 0 Å². The summed E-state index contributed by atoms with van der Waals surface area (Å²) in [6.07, 6.45) is 8.69. The summed E-state index contributed by atoms with van der Waals surface area (Å²) in [5.74, 6) is -0.0870. The second-order valence-electron chi connectivity index (χ2n) is 6.85. The van der Waals surface area contributed by atoms with Crippen LogP contribution in [0, 0.1) is 0 Å². The molecule has 1 saturated heterocycles. The summed E-state index contributed by atoms with van der Waals surface area (Å²) < 4.78 is 5.35. The fraction of sp³-hybridized carbons (Fsp3) is 0.941. The fourth-order valence-corrected chi connectivity index (χ4v) is 3.45. The summed E-state index contributed by atoms with van der Waals surface area (Å²) in [4.78, 5) is 15.0. The Balaban J connectivity index is 2.05. The van der Waals surface area contributed by atoms with Gasteiger partial charge in [-0.15, -0.1) is 0 Å². The van der Waals surface area contributed by atoms with Gasteiger partial charge in [-0.05, 0) is 52.5 Å². The van der Waals surface area contributed by atoms with Crippen molar-refractivity contribution < 1.29 is 9.53 Å². The highest BCUT2D eigenvalue weighted by Crippen LogP contribution is 2.26. The van der Waals surface area contributed by atoms with Gasteiger partial charge in [-0.25, -0.2) is 0 Å². The van der Waals surface area contributed by atoms with Crippen LogP contribution in [-0.2, 0) is 9.53 Å². The van der Waals surface area contributed by atoms with Gasteiger partial charge in [0.1, 0.15) is 5.54 Å². The molecule has 2 unspecified atom stereocenters. The van der Waals surface area contributed by atoms with Crippen molar-refractivity contribution in [1.82, 2.24) is 10.2 Å². The van der Waals surface area contributed by atoms with E-state index in [0.717, 1.165) is 13.1 Å². The Morgan fingerprint density at radius 1 is 1.24 bits per heavy atom. The minimum atomic E-state index is -0.561. The molecule has 1 aliphatic heterocycles. The Labute approximate surface area is 129 Å². The van der Waals surface area contributed by atoms with Crippen LogP contribution in [0.4, 0.5) is 0 Å². The summed E-state index contributed by atoms with van der Waals surface area (Å²) in [7, 11) is 0. The van der Waals surface area contributed by atoms with Gasteiger partial charge in [0, 0.05) is 18.6 Å². The molecular weight excluding hydrogens is 264 g/mol. The van der Waals surface area contributed by atoms with E-state index >= 15 is 0 Å². The Hall–Kier alpha value is -0.610. The topological polar surface area (TPSA) is 41.6 Å². The molecule has 0 aromatic carbocycles. The average Bonchev–Trinajstić information content (AvgIpc) is 3.27. The Morgan fingerprint density at radius 3 is 2.62 bits per heavy atom. The van der Waals surface area contributed by atoms with Crippen LogP contribution >= 0.6 is 0 Å². The average molecular weight is 296 g/mol. The summed E-state index contributed by atoms with van der Waals surface area (Å²) in [6, 6.07) is 1.12. The summed E-state index contributed by atoms with van der Waals surface area (Å²) in [5, 5.41) is 3.55. The number of carbonyl (C=O) groups excluding carboxylic acids is 1. The van der Waals surface area contributed by atoms with Crippen LogP contribution in [-0.4, -0.2) is 48.2 Å². The van der Waals surface area contributed by atoms with E-state index in [0.29, 0.717) is 18.7 Å². The molecule has 0 bridgehead atoms. The third-order valence-corrected chi connectivity index (χ3v) is 4.82. The number of ether oxygens (including phenoxy) is 1. The monoisotopic (exact) mass is 296 g/mol. The van der Waals surface area contributed by atoms with E-state index in [1.165, 1.54) is 44.9 Å². The van der Waals surface area contributed by atoms with E-state index in [4.69, 9.17) is 4.74 Å². The summed E-state index contributed by atoms with van der Waals surface area (Å²) >= 11 is 0. The molecule has 0 amide bonds. The molecule has 2 aliphatic rings. The van der Waals surface area contributed by atoms with E-state index in [1.807, 2.05) is 13.8 Å². The van der Waals surface area contributed by atoms with E-state index in [9.17, 15) is 4.79 Å². The zero-order valence-corrected chi connectivity index (χ0v) is 14.0. The third kappa shape index (κ3) is 4.68. The maximum atomic E-state index is 12.5. The lowest BCUT2D eigenvalue weighted by Gasteiger charge is -2.37. The Morgan fingerprint density at radius 2 is 2.00 bits per heavy atom. The molecule has 4 heteroatoms. The van der Waals surface area contributed by atoms with Crippen molar-refractivity contribution in [3.8, 4) is 0 Å². The van der Waals surface area contributed by atoms with Gasteiger partial charge in [-0.3, -0.25) is 15.0 Å². The lowest BCUT2D eigenvalue weighted by atomic mass is 9.99.